The van der Waals surface area contributed by atoms with Crippen LogP contribution in [0.1, 0.15) is 6.42 Å². The summed E-state index contributed by atoms with van der Waals surface area (Å²) in [6.45, 7) is 1.29. The largest absolute Gasteiger partial charge is 0.441 e. The molecule has 2 N–H and O–H groups in total. The number of halogens is 3. The molecular weight excluding hydrogens is 247 g/mol. The first-order chi connectivity index (χ1) is 7.06. The van der Waals surface area contributed by atoms with Crippen molar-refractivity contribution >= 4 is 23.5 Å². The molecule has 92 valence electrons. The van der Waals surface area contributed by atoms with Gasteiger partial charge in [0.1, 0.15) is 0 Å². The standard InChI is InChI=1S/C8H16F3NOS2/c9-8(10,11)15-7-3-12-2-6-14-5-1-4-13/h12-13H,1-7H2. The van der Waals surface area contributed by atoms with Crippen molar-refractivity contribution < 1.29 is 18.3 Å². The lowest BCUT2D eigenvalue weighted by molar-refractivity contribution is -0.0327. The van der Waals surface area contributed by atoms with E-state index in [1.54, 1.807) is 11.8 Å². The monoisotopic (exact) mass is 263 g/mol. The van der Waals surface area contributed by atoms with E-state index < -0.39 is 5.51 Å². The smallest absolute Gasteiger partial charge is 0.396 e. The SMILES string of the molecule is OCCCSCCNCCSC(F)(F)F. The summed E-state index contributed by atoms with van der Waals surface area (Å²) in [6, 6.07) is 0. The summed E-state index contributed by atoms with van der Waals surface area (Å²) >= 11 is 1.69. The highest BCUT2D eigenvalue weighted by Crippen LogP contribution is 2.29. The molecular formula is C8H16F3NOS2. The fraction of sp³-hybridized carbons (Fsp3) is 1.00. The Labute approximate surface area is 96.4 Å². The first kappa shape index (κ1) is 15.4. The molecule has 15 heavy (non-hydrogen) atoms. The van der Waals surface area contributed by atoms with Crippen LogP contribution in [-0.4, -0.2) is 47.6 Å². The van der Waals surface area contributed by atoms with Crippen LogP contribution < -0.4 is 5.32 Å². The molecule has 0 radical (unpaired) electrons. The molecule has 0 spiro atoms. The topological polar surface area (TPSA) is 32.3 Å². The molecule has 0 aliphatic carbocycles. The predicted octanol–water partition coefficient (Wildman–Crippen LogP) is 1.94. The third kappa shape index (κ3) is 14.4. The average Bonchev–Trinajstić information content (AvgIpc) is 2.14. The Morgan fingerprint density at radius 2 is 1.73 bits per heavy atom. The number of hydrogen-bond acceptors (Lipinski definition) is 4. The number of hydrogen-bond donors (Lipinski definition) is 2. The summed E-state index contributed by atoms with van der Waals surface area (Å²) in [6.07, 6.45) is 0.772. The van der Waals surface area contributed by atoms with Crippen molar-refractivity contribution in [2.45, 2.75) is 11.9 Å². The molecule has 0 saturated carbocycles. The predicted molar refractivity (Wildman–Crippen MR) is 60.4 cm³/mol. The van der Waals surface area contributed by atoms with E-state index in [2.05, 4.69) is 5.32 Å². The van der Waals surface area contributed by atoms with E-state index in [4.69, 9.17) is 5.11 Å². The molecule has 7 heteroatoms. The van der Waals surface area contributed by atoms with Crippen LogP contribution in [0.2, 0.25) is 0 Å². The van der Waals surface area contributed by atoms with Crippen molar-refractivity contribution in [3.05, 3.63) is 0 Å². The molecule has 0 heterocycles. The average molecular weight is 263 g/mol. The molecule has 0 unspecified atom stereocenters. The lowest BCUT2D eigenvalue weighted by Crippen LogP contribution is -2.21. The van der Waals surface area contributed by atoms with Crippen molar-refractivity contribution in [3.63, 3.8) is 0 Å². The van der Waals surface area contributed by atoms with Crippen molar-refractivity contribution in [2.24, 2.45) is 0 Å². The van der Waals surface area contributed by atoms with Crippen LogP contribution >= 0.6 is 23.5 Å². The van der Waals surface area contributed by atoms with Gasteiger partial charge in [-0.2, -0.15) is 24.9 Å². The fourth-order valence-corrected chi connectivity index (χ4v) is 2.08. The highest BCUT2D eigenvalue weighted by atomic mass is 32.2. The zero-order valence-electron chi connectivity index (χ0n) is 8.35. The third-order valence-corrected chi connectivity index (χ3v) is 3.22. The molecule has 2 nitrogen and oxygen atoms in total. The number of aliphatic hydroxyl groups is 1. The van der Waals surface area contributed by atoms with Crippen LogP contribution in [0.3, 0.4) is 0 Å². The summed E-state index contributed by atoms with van der Waals surface area (Å²) in [5.74, 6) is 1.83. The fourth-order valence-electron chi connectivity index (χ4n) is 0.777. The van der Waals surface area contributed by atoms with Gasteiger partial charge in [0, 0.05) is 31.2 Å². The van der Waals surface area contributed by atoms with Crippen molar-refractivity contribution in [1.82, 2.24) is 5.32 Å². The molecule has 0 atom stereocenters. The number of rotatable bonds is 9. The number of thioether (sulfide) groups is 2. The van der Waals surface area contributed by atoms with Gasteiger partial charge in [-0.3, -0.25) is 0 Å². The Bertz CT molecular complexity index is 146. The molecule has 0 fully saturated rings. The quantitative estimate of drug-likeness (QED) is 0.623. The summed E-state index contributed by atoms with van der Waals surface area (Å²) in [7, 11) is 0. The van der Waals surface area contributed by atoms with E-state index in [0.717, 1.165) is 17.9 Å². The normalized spacial score (nSPS) is 12.0. The van der Waals surface area contributed by atoms with Gasteiger partial charge in [-0.25, -0.2) is 0 Å². The van der Waals surface area contributed by atoms with Crippen LogP contribution in [-0.2, 0) is 0 Å². The molecule has 0 amide bonds. The Hall–Kier alpha value is 0.410. The Morgan fingerprint density at radius 3 is 2.33 bits per heavy atom. The molecule has 0 rings (SSSR count). The van der Waals surface area contributed by atoms with E-state index in [0.29, 0.717) is 13.1 Å². The molecule has 0 saturated heterocycles. The minimum Gasteiger partial charge on any atom is -0.396 e. The second kappa shape index (κ2) is 9.62. The Morgan fingerprint density at radius 1 is 1.07 bits per heavy atom. The van der Waals surface area contributed by atoms with Gasteiger partial charge < -0.3 is 10.4 Å². The second-order valence-corrected chi connectivity index (χ2v) is 5.12. The van der Waals surface area contributed by atoms with Gasteiger partial charge in [0.25, 0.3) is 0 Å². The molecule has 0 aromatic heterocycles. The lowest BCUT2D eigenvalue weighted by atomic mass is 10.5. The first-order valence-corrected chi connectivity index (χ1v) is 6.80. The lowest BCUT2D eigenvalue weighted by Gasteiger charge is -2.06. The van der Waals surface area contributed by atoms with Crippen LogP contribution in [0.4, 0.5) is 13.2 Å². The highest BCUT2D eigenvalue weighted by Gasteiger charge is 2.27. The maximum absolute atomic E-state index is 11.7. The van der Waals surface area contributed by atoms with E-state index in [1.807, 2.05) is 0 Å². The maximum Gasteiger partial charge on any atom is 0.441 e. The van der Waals surface area contributed by atoms with Crippen LogP contribution in [0, 0.1) is 0 Å². The molecule has 0 aliphatic rings. The van der Waals surface area contributed by atoms with Gasteiger partial charge in [0.05, 0.1) is 0 Å². The number of aliphatic hydroxyl groups excluding tert-OH is 1. The summed E-state index contributed by atoms with van der Waals surface area (Å²) in [4.78, 5) is 0. The van der Waals surface area contributed by atoms with E-state index in [-0.39, 0.29) is 24.1 Å². The van der Waals surface area contributed by atoms with Crippen molar-refractivity contribution in [2.75, 3.05) is 37.0 Å². The minimum absolute atomic E-state index is 0.00313. The number of nitrogens with one attached hydrogen (secondary N) is 1. The zero-order valence-corrected chi connectivity index (χ0v) is 9.98. The van der Waals surface area contributed by atoms with Crippen molar-refractivity contribution in [1.29, 1.82) is 0 Å². The van der Waals surface area contributed by atoms with E-state index in [1.165, 1.54) is 0 Å². The summed E-state index contributed by atoms with van der Waals surface area (Å²) < 4.78 is 35.0. The Balaban J connectivity index is 2.99. The highest BCUT2D eigenvalue weighted by molar-refractivity contribution is 8.00. The number of alkyl halides is 3. The van der Waals surface area contributed by atoms with Crippen LogP contribution in [0.5, 0.6) is 0 Å². The second-order valence-electron chi connectivity index (χ2n) is 2.73. The summed E-state index contributed by atoms with van der Waals surface area (Å²) in [5, 5.41) is 11.4. The minimum atomic E-state index is -4.11. The first-order valence-electron chi connectivity index (χ1n) is 4.66. The van der Waals surface area contributed by atoms with Crippen LogP contribution in [0.15, 0.2) is 0 Å². The summed E-state index contributed by atoms with van der Waals surface area (Å²) in [5.41, 5.74) is -4.11. The van der Waals surface area contributed by atoms with Gasteiger partial charge in [-0.1, -0.05) is 0 Å². The Kier molecular flexibility index (Phi) is 9.89. The molecule has 0 aliphatic heterocycles. The van der Waals surface area contributed by atoms with E-state index in [9.17, 15) is 13.2 Å². The van der Waals surface area contributed by atoms with Gasteiger partial charge >= 0.3 is 5.51 Å². The van der Waals surface area contributed by atoms with Crippen molar-refractivity contribution in [3.8, 4) is 0 Å². The maximum atomic E-state index is 11.7. The van der Waals surface area contributed by atoms with Gasteiger partial charge in [0.15, 0.2) is 0 Å². The van der Waals surface area contributed by atoms with Crippen LogP contribution in [0.25, 0.3) is 0 Å². The van der Waals surface area contributed by atoms with Gasteiger partial charge in [-0.15, -0.1) is 0 Å². The third-order valence-electron chi connectivity index (χ3n) is 1.41. The molecule has 0 aromatic rings. The van der Waals surface area contributed by atoms with Gasteiger partial charge in [-0.05, 0) is 23.9 Å². The molecule has 0 aromatic carbocycles. The molecule has 0 bridgehead atoms. The van der Waals surface area contributed by atoms with Gasteiger partial charge in [0.2, 0.25) is 0 Å². The zero-order chi connectivity index (χ0) is 11.6. The van der Waals surface area contributed by atoms with E-state index >= 15 is 0 Å².